The van der Waals surface area contributed by atoms with Crippen LogP contribution in [-0.2, 0) is 0 Å². The topological polar surface area (TPSA) is 77.3 Å². The minimum absolute atomic E-state index is 0.00918. The fourth-order valence-electron chi connectivity index (χ4n) is 3.89. The van der Waals surface area contributed by atoms with Crippen LogP contribution in [0.1, 0.15) is 29.5 Å². The van der Waals surface area contributed by atoms with E-state index in [2.05, 4.69) is 22.5 Å². The molecule has 0 radical (unpaired) electrons. The van der Waals surface area contributed by atoms with Crippen LogP contribution in [0.5, 0.6) is 5.75 Å². The van der Waals surface area contributed by atoms with Crippen molar-refractivity contribution in [1.29, 1.82) is 0 Å². The first-order valence-corrected chi connectivity index (χ1v) is 7.89. The SMILES string of the molecule is COc1ccc([N+](=O)[O-])c2c1N[C@H](c1ccncc1)[C@H]1CC=C[C@H]21. The third kappa shape index (κ3) is 2.14. The van der Waals surface area contributed by atoms with Crippen molar-refractivity contribution in [2.45, 2.75) is 18.4 Å². The Kier molecular flexibility index (Phi) is 3.45. The zero-order valence-corrected chi connectivity index (χ0v) is 13.2. The van der Waals surface area contributed by atoms with Crippen LogP contribution in [0.2, 0.25) is 0 Å². The second kappa shape index (κ2) is 5.63. The monoisotopic (exact) mass is 323 g/mol. The Balaban J connectivity index is 1.90. The highest BCUT2D eigenvalue weighted by Gasteiger charge is 2.42. The standard InChI is InChI=1S/C18H17N3O3/c1-24-15-6-5-14(21(22)23)16-12-3-2-4-13(12)17(20-18(15)16)11-7-9-19-10-8-11/h2-3,5-10,12-13,17,20H,4H2,1H3/t12-,13-,17+/m0/s1. The number of nitro groups is 1. The van der Waals surface area contributed by atoms with Gasteiger partial charge in [0.15, 0.2) is 0 Å². The van der Waals surface area contributed by atoms with Crippen molar-refractivity contribution < 1.29 is 9.66 Å². The molecule has 1 aromatic heterocycles. The number of ether oxygens (including phenoxy) is 1. The molecule has 6 heteroatoms. The zero-order chi connectivity index (χ0) is 16.7. The molecule has 0 fully saturated rings. The molecule has 2 heterocycles. The summed E-state index contributed by atoms with van der Waals surface area (Å²) in [5.41, 5.74) is 2.72. The molecule has 3 atom stereocenters. The lowest BCUT2D eigenvalue weighted by atomic mass is 9.76. The first-order chi connectivity index (χ1) is 11.7. The number of pyridine rings is 1. The van der Waals surface area contributed by atoms with Crippen LogP contribution in [0.4, 0.5) is 11.4 Å². The van der Waals surface area contributed by atoms with Gasteiger partial charge in [0.1, 0.15) is 5.75 Å². The zero-order valence-electron chi connectivity index (χ0n) is 13.2. The van der Waals surface area contributed by atoms with Gasteiger partial charge in [-0.25, -0.2) is 0 Å². The van der Waals surface area contributed by atoms with E-state index in [0.717, 1.165) is 23.2 Å². The molecule has 2 aromatic rings. The molecule has 24 heavy (non-hydrogen) atoms. The minimum Gasteiger partial charge on any atom is -0.495 e. The molecule has 1 aliphatic heterocycles. The number of anilines is 1. The molecule has 0 saturated heterocycles. The Hall–Kier alpha value is -2.89. The maximum Gasteiger partial charge on any atom is 0.275 e. The molecule has 0 spiro atoms. The van der Waals surface area contributed by atoms with Crippen LogP contribution in [0, 0.1) is 16.0 Å². The van der Waals surface area contributed by atoms with Crippen LogP contribution in [0.15, 0.2) is 48.8 Å². The van der Waals surface area contributed by atoms with Gasteiger partial charge in [-0.15, -0.1) is 0 Å². The van der Waals surface area contributed by atoms with Gasteiger partial charge < -0.3 is 10.1 Å². The van der Waals surface area contributed by atoms with Crippen LogP contribution in [-0.4, -0.2) is 17.0 Å². The highest BCUT2D eigenvalue weighted by molar-refractivity contribution is 5.73. The lowest BCUT2D eigenvalue weighted by molar-refractivity contribution is -0.385. The molecule has 1 aliphatic carbocycles. The Morgan fingerprint density at radius 3 is 2.79 bits per heavy atom. The van der Waals surface area contributed by atoms with Crippen LogP contribution < -0.4 is 10.1 Å². The van der Waals surface area contributed by atoms with E-state index in [1.54, 1.807) is 25.6 Å². The van der Waals surface area contributed by atoms with E-state index in [-0.39, 0.29) is 28.5 Å². The molecule has 4 rings (SSSR count). The normalized spacial score (nSPS) is 24.0. The van der Waals surface area contributed by atoms with E-state index in [9.17, 15) is 10.1 Å². The van der Waals surface area contributed by atoms with Crippen molar-refractivity contribution in [3.8, 4) is 5.75 Å². The van der Waals surface area contributed by atoms with Crippen molar-refractivity contribution in [3.63, 3.8) is 0 Å². The molecular formula is C18H17N3O3. The molecule has 122 valence electrons. The van der Waals surface area contributed by atoms with Gasteiger partial charge >= 0.3 is 0 Å². The quantitative estimate of drug-likeness (QED) is 0.528. The Morgan fingerprint density at radius 1 is 1.29 bits per heavy atom. The first-order valence-electron chi connectivity index (χ1n) is 7.89. The van der Waals surface area contributed by atoms with E-state index in [1.165, 1.54) is 6.07 Å². The average Bonchev–Trinajstić information content (AvgIpc) is 3.10. The summed E-state index contributed by atoms with van der Waals surface area (Å²) in [7, 11) is 1.58. The molecule has 1 aromatic carbocycles. The summed E-state index contributed by atoms with van der Waals surface area (Å²) in [6, 6.07) is 7.24. The highest BCUT2D eigenvalue weighted by Crippen LogP contribution is 2.54. The van der Waals surface area contributed by atoms with Crippen LogP contribution in [0.25, 0.3) is 0 Å². The summed E-state index contributed by atoms with van der Waals surface area (Å²) in [6.45, 7) is 0. The van der Waals surface area contributed by atoms with Crippen LogP contribution >= 0.6 is 0 Å². The molecule has 2 aliphatic rings. The van der Waals surface area contributed by atoms with Gasteiger partial charge in [-0.3, -0.25) is 15.1 Å². The van der Waals surface area contributed by atoms with Gasteiger partial charge in [0.2, 0.25) is 0 Å². The lowest BCUT2D eigenvalue weighted by Gasteiger charge is -2.37. The van der Waals surface area contributed by atoms with Gasteiger partial charge in [0.25, 0.3) is 5.69 Å². The van der Waals surface area contributed by atoms with Crippen molar-refractivity contribution in [2.24, 2.45) is 5.92 Å². The largest absolute Gasteiger partial charge is 0.495 e. The van der Waals surface area contributed by atoms with Crippen molar-refractivity contribution in [1.82, 2.24) is 4.98 Å². The smallest absolute Gasteiger partial charge is 0.275 e. The summed E-state index contributed by atoms with van der Waals surface area (Å²) < 4.78 is 5.46. The summed E-state index contributed by atoms with van der Waals surface area (Å²) >= 11 is 0. The number of hydrogen-bond donors (Lipinski definition) is 1. The number of nitro benzene ring substituents is 1. The van der Waals surface area contributed by atoms with E-state index < -0.39 is 0 Å². The predicted octanol–water partition coefficient (Wildman–Crippen LogP) is 3.82. The molecule has 0 unspecified atom stereocenters. The summed E-state index contributed by atoms with van der Waals surface area (Å²) in [4.78, 5) is 15.3. The number of nitrogens with zero attached hydrogens (tertiary/aromatic N) is 2. The fourth-order valence-corrected chi connectivity index (χ4v) is 3.89. The van der Waals surface area contributed by atoms with Gasteiger partial charge in [-0.1, -0.05) is 12.2 Å². The number of allylic oxidation sites excluding steroid dienone is 2. The number of fused-ring (bicyclic) bond motifs is 3. The Morgan fingerprint density at radius 2 is 2.08 bits per heavy atom. The second-order valence-electron chi connectivity index (χ2n) is 6.09. The summed E-state index contributed by atoms with van der Waals surface area (Å²) in [5, 5.41) is 15.0. The number of aromatic nitrogens is 1. The minimum atomic E-state index is -0.310. The number of hydrogen-bond acceptors (Lipinski definition) is 5. The maximum absolute atomic E-state index is 11.5. The third-order valence-electron chi connectivity index (χ3n) is 4.94. The number of benzene rings is 1. The number of methoxy groups -OCH3 is 1. The summed E-state index contributed by atoms with van der Waals surface area (Å²) in [6.07, 6.45) is 8.64. The van der Waals surface area contributed by atoms with Crippen molar-refractivity contribution >= 4 is 11.4 Å². The molecule has 0 saturated carbocycles. The van der Waals surface area contributed by atoms with Gasteiger partial charge in [-0.2, -0.15) is 0 Å². The number of nitrogens with one attached hydrogen (secondary N) is 1. The molecule has 0 bridgehead atoms. The van der Waals surface area contributed by atoms with E-state index in [0.29, 0.717) is 5.75 Å². The third-order valence-corrected chi connectivity index (χ3v) is 4.94. The second-order valence-corrected chi connectivity index (χ2v) is 6.09. The van der Waals surface area contributed by atoms with E-state index >= 15 is 0 Å². The highest BCUT2D eigenvalue weighted by atomic mass is 16.6. The van der Waals surface area contributed by atoms with Crippen molar-refractivity contribution in [3.05, 3.63) is 70.1 Å². The average molecular weight is 323 g/mol. The van der Waals surface area contributed by atoms with E-state index in [1.807, 2.05) is 12.1 Å². The van der Waals surface area contributed by atoms with E-state index in [4.69, 9.17) is 4.74 Å². The molecule has 0 amide bonds. The molecule has 1 N–H and O–H groups in total. The Bertz CT molecular complexity index is 820. The first kappa shape index (κ1) is 14.7. The van der Waals surface area contributed by atoms with Crippen LogP contribution in [0.3, 0.4) is 0 Å². The summed E-state index contributed by atoms with van der Waals surface area (Å²) in [5.74, 6) is 0.883. The number of rotatable bonds is 3. The molecule has 6 nitrogen and oxygen atoms in total. The Labute approximate surface area is 139 Å². The predicted molar refractivity (Wildman–Crippen MR) is 90.2 cm³/mol. The lowest BCUT2D eigenvalue weighted by Crippen LogP contribution is -2.30. The van der Waals surface area contributed by atoms with Crippen molar-refractivity contribution in [2.75, 3.05) is 12.4 Å². The van der Waals surface area contributed by atoms with Gasteiger partial charge in [0.05, 0.1) is 29.3 Å². The van der Waals surface area contributed by atoms with Gasteiger partial charge in [-0.05, 0) is 36.1 Å². The van der Waals surface area contributed by atoms with Gasteiger partial charge in [0, 0.05) is 24.4 Å². The molecular weight excluding hydrogens is 306 g/mol. The fraction of sp³-hybridized carbons (Fsp3) is 0.278. The maximum atomic E-state index is 11.5.